The SMILES string of the molecule is CS(=O)Cc1ccc(N)cc1F. The number of hydrogen-bond donors (Lipinski definition) is 1. The maximum atomic E-state index is 13.0. The van der Waals surface area contributed by atoms with E-state index in [0.29, 0.717) is 11.3 Å². The van der Waals surface area contributed by atoms with Crippen molar-refractivity contribution in [1.82, 2.24) is 0 Å². The van der Waals surface area contributed by atoms with Crippen LogP contribution in [0.15, 0.2) is 18.2 Å². The zero-order valence-corrected chi connectivity index (χ0v) is 7.53. The standard InChI is InChI=1S/C8H10FNOS/c1-12(11)5-6-2-3-7(10)4-8(6)9/h2-4H,5,10H2,1H3. The Labute approximate surface area is 73.0 Å². The second-order valence-corrected chi connectivity index (χ2v) is 4.00. The first-order valence-electron chi connectivity index (χ1n) is 3.43. The van der Waals surface area contributed by atoms with Crippen LogP contribution in [0.25, 0.3) is 0 Å². The largest absolute Gasteiger partial charge is 0.399 e. The first-order valence-corrected chi connectivity index (χ1v) is 5.16. The van der Waals surface area contributed by atoms with Crippen LogP contribution in [0.1, 0.15) is 5.56 Å². The molecule has 0 aliphatic heterocycles. The highest BCUT2D eigenvalue weighted by Gasteiger charge is 2.03. The van der Waals surface area contributed by atoms with E-state index in [4.69, 9.17) is 5.73 Å². The van der Waals surface area contributed by atoms with E-state index < -0.39 is 10.8 Å². The maximum absolute atomic E-state index is 13.0. The zero-order chi connectivity index (χ0) is 9.14. The number of hydrogen-bond acceptors (Lipinski definition) is 2. The van der Waals surface area contributed by atoms with Crippen molar-refractivity contribution in [3.8, 4) is 0 Å². The fraction of sp³-hybridized carbons (Fsp3) is 0.250. The molecule has 0 radical (unpaired) electrons. The lowest BCUT2D eigenvalue weighted by atomic mass is 10.2. The Hall–Kier alpha value is -0.900. The number of benzene rings is 1. The van der Waals surface area contributed by atoms with E-state index in [1.807, 2.05) is 0 Å². The molecule has 1 aromatic carbocycles. The minimum atomic E-state index is -1.01. The van der Waals surface area contributed by atoms with Crippen LogP contribution in [-0.4, -0.2) is 10.5 Å². The lowest BCUT2D eigenvalue weighted by Gasteiger charge is -2.00. The average molecular weight is 187 g/mol. The van der Waals surface area contributed by atoms with Crippen molar-refractivity contribution in [2.45, 2.75) is 5.75 Å². The molecule has 0 aliphatic rings. The van der Waals surface area contributed by atoms with Crippen molar-refractivity contribution in [2.75, 3.05) is 12.0 Å². The maximum Gasteiger partial charge on any atom is 0.129 e. The summed E-state index contributed by atoms with van der Waals surface area (Å²) < 4.78 is 23.8. The first-order chi connectivity index (χ1) is 5.59. The molecule has 2 N–H and O–H groups in total. The second kappa shape index (κ2) is 3.67. The Morgan fingerprint density at radius 2 is 2.25 bits per heavy atom. The van der Waals surface area contributed by atoms with E-state index in [9.17, 15) is 8.60 Å². The lowest BCUT2D eigenvalue weighted by molar-refractivity contribution is 0.616. The van der Waals surface area contributed by atoms with Gasteiger partial charge in [-0.15, -0.1) is 0 Å². The van der Waals surface area contributed by atoms with Crippen molar-refractivity contribution in [3.05, 3.63) is 29.6 Å². The monoisotopic (exact) mass is 187 g/mol. The highest BCUT2D eigenvalue weighted by Crippen LogP contribution is 2.12. The molecule has 1 unspecified atom stereocenters. The van der Waals surface area contributed by atoms with E-state index in [2.05, 4.69) is 0 Å². The third kappa shape index (κ3) is 2.30. The smallest absolute Gasteiger partial charge is 0.129 e. The lowest BCUT2D eigenvalue weighted by Crippen LogP contribution is -1.97. The van der Waals surface area contributed by atoms with Gasteiger partial charge in [-0.2, -0.15) is 0 Å². The van der Waals surface area contributed by atoms with E-state index in [1.54, 1.807) is 12.1 Å². The van der Waals surface area contributed by atoms with Crippen molar-refractivity contribution in [1.29, 1.82) is 0 Å². The second-order valence-electron chi connectivity index (χ2n) is 2.57. The third-order valence-corrected chi connectivity index (χ3v) is 2.15. The predicted molar refractivity (Wildman–Crippen MR) is 48.6 cm³/mol. The molecule has 0 aliphatic carbocycles. The molecule has 4 heteroatoms. The van der Waals surface area contributed by atoms with Crippen molar-refractivity contribution < 1.29 is 8.60 Å². The van der Waals surface area contributed by atoms with Crippen molar-refractivity contribution in [3.63, 3.8) is 0 Å². The van der Waals surface area contributed by atoms with Gasteiger partial charge in [-0.1, -0.05) is 6.07 Å². The van der Waals surface area contributed by atoms with Crippen LogP contribution in [0.2, 0.25) is 0 Å². The topological polar surface area (TPSA) is 43.1 Å². The molecule has 12 heavy (non-hydrogen) atoms. The Balaban J connectivity index is 2.93. The predicted octanol–water partition coefficient (Wildman–Crippen LogP) is 1.29. The number of rotatable bonds is 2. The molecule has 1 rings (SSSR count). The average Bonchev–Trinajstić information content (AvgIpc) is 1.94. The molecule has 0 fully saturated rings. The highest BCUT2D eigenvalue weighted by atomic mass is 32.2. The van der Waals surface area contributed by atoms with Gasteiger partial charge in [0.25, 0.3) is 0 Å². The Kier molecular flexibility index (Phi) is 2.81. The van der Waals surface area contributed by atoms with Gasteiger partial charge in [0.05, 0.1) is 5.75 Å². The van der Waals surface area contributed by atoms with E-state index in [-0.39, 0.29) is 11.6 Å². The molecule has 0 spiro atoms. The molecule has 0 heterocycles. The van der Waals surface area contributed by atoms with Crippen LogP contribution in [0.4, 0.5) is 10.1 Å². The summed E-state index contributed by atoms with van der Waals surface area (Å²) >= 11 is 0. The number of halogens is 1. The molecule has 1 aromatic rings. The molecule has 1 atom stereocenters. The molecule has 2 nitrogen and oxygen atoms in total. The van der Waals surface area contributed by atoms with E-state index in [1.165, 1.54) is 12.3 Å². The van der Waals surface area contributed by atoms with Crippen LogP contribution in [-0.2, 0) is 16.6 Å². The Bertz CT molecular complexity index is 314. The Morgan fingerprint density at radius 1 is 1.58 bits per heavy atom. The number of anilines is 1. The van der Waals surface area contributed by atoms with Gasteiger partial charge in [0.15, 0.2) is 0 Å². The van der Waals surface area contributed by atoms with Crippen LogP contribution in [0.5, 0.6) is 0 Å². The first kappa shape index (κ1) is 9.19. The summed E-state index contributed by atoms with van der Waals surface area (Å²) in [6.45, 7) is 0. The fourth-order valence-electron chi connectivity index (χ4n) is 0.900. The molecule has 0 aromatic heterocycles. The zero-order valence-electron chi connectivity index (χ0n) is 6.71. The van der Waals surface area contributed by atoms with Crippen molar-refractivity contribution in [2.24, 2.45) is 0 Å². The van der Waals surface area contributed by atoms with Gasteiger partial charge in [-0.25, -0.2) is 4.39 Å². The summed E-state index contributed by atoms with van der Waals surface area (Å²) in [5.74, 6) is -0.142. The van der Waals surface area contributed by atoms with Gasteiger partial charge in [-0.05, 0) is 12.1 Å². The van der Waals surface area contributed by atoms with E-state index in [0.717, 1.165) is 0 Å². The van der Waals surface area contributed by atoms with Gasteiger partial charge in [0.2, 0.25) is 0 Å². The third-order valence-electron chi connectivity index (χ3n) is 1.44. The highest BCUT2D eigenvalue weighted by molar-refractivity contribution is 7.83. The molecule has 66 valence electrons. The summed E-state index contributed by atoms with van der Waals surface area (Å²) in [6.07, 6.45) is 1.54. The summed E-state index contributed by atoms with van der Waals surface area (Å²) in [7, 11) is -1.01. The minimum Gasteiger partial charge on any atom is -0.399 e. The number of nitrogens with two attached hydrogens (primary N) is 1. The van der Waals surface area contributed by atoms with Gasteiger partial charge >= 0.3 is 0 Å². The van der Waals surface area contributed by atoms with Gasteiger partial charge in [0, 0.05) is 28.3 Å². The summed E-state index contributed by atoms with van der Waals surface area (Å²) in [5, 5.41) is 0. The van der Waals surface area contributed by atoms with Crippen LogP contribution >= 0.6 is 0 Å². The van der Waals surface area contributed by atoms with Crippen LogP contribution < -0.4 is 5.73 Å². The van der Waals surface area contributed by atoms with Gasteiger partial charge in [0.1, 0.15) is 5.82 Å². The molecular weight excluding hydrogens is 177 g/mol. The molecule has 0 saturated carbocycles. The fourth-order valence-corrected chi connectivity index (χ4v) is 1.57. The molecule has 0 amide bonds. The van der Waals surface area contributed by atoms with E-state index >= 15 is 0 Å². The van der Waals surface area contributed by atoms with Crippen molar-refractivity contribution >= 4 is 16.5 Å². The summed E-state index contributed by atoms with van der Waals surface area (Å²) in [6, 6.07) is 4.40. The molecular formula is C8H10FNOS. The Morgan fingerprint density at radius 3 is 2.75 bits per heavy atom. The molecule has 0 bridgehead atoms. The normalized spacial score (nSPS) is 12.8. The quantitative estimate of drug-likeness (QED) is 0.709. The summed E-state index contributed by atoms with van der Waals surface area (Å²) in [4.78, 5) is 0. The minimum absolute atomic E-state index is 0.242. The van der Waals surface area contributed by atoms with Crippen LogP contribution in [0, 0.1) is 5.82 Å². The van der Waals surface area contributed by atoms with Gasteiger partial charge < -0.3 is 5.73 Å². The van der Waals surface area contributed by atoms with Crippen LogP contribution in [0.3, 0.4) is 0 Å². The molecule has 0 saturated heterocycles. The summed E-state index contributed by atoms with van der Waals surface area (Å²) in [5.41, 5.74) is 6.18. The number of nitrogen functional groups attached to an aromatic ring is 1. The van der Waals surface area contributed by atoms with Gasteiger partial charge in [-0.3, -0.25) is 4.21 Å².